The van der Waals surface area contributed by atoms with E-state index in [0.717, 1.165) is 26.2 Å². The van der Waals surface area contributed by atoms with Crippen molar-refractivity contribution in [2.45, 2.75) is 13.8 Å². The van der Waals surface area contributed by atoms with Crippen LogP contribution in [0.1, 0.15) is 13.8 Å². The SMILES string of the molecule is CCN(CC)c1nc(NCCO)nc(N2CCOCC2)n1. The van der Waals surface area contributed by atoms with Crippen molar-refractivity contribution in [1.29, 1.82) is 0 Å². The van der Waals surface area contributed by atoms with Gasteiger partial charge in [-0.1, -0.05) is 0 Å². The Morgan fingerprint density at radius 1 is 1.19 bits per heavy atom. The van der Waals surface area contributed by atoms with E-state index in [0.29, 0.717) is 37.6 Å². The fourth-order valence-electron chi connectivity index (χ4n) is 2.15. The van der Waals surface area contributed by atoms with E-state index in [1.165, 1.54) is 0 Å². The zero-order valence-electron chi connectivity index (χ0n) is 12.7. The molecule has 2 heterocycles. The number of ether oxygens (including phenoxy) is 1. The van der Waals surface area contributed by atoms with Crippen molar-refractivity contribution in [3.8, 4) is 0 Å². The molecule has 0 unspecified atom stereocenters. The van der Waals surface area contributed by atoms with Gasteiger partial charge in [0.2, 0.25) is 17.8 Å². The summed E-state index contributed by atoms with van der Waals surface area (Å²) in [4.78, 5) is 17.6. The lowest BCUT2D eigenvalue weighted by Crippen LogP contribution is -2.38. The Kier molecular flexibility index (Phi) is 5.94. The van der Waals surface area contributed by atoms with Crippen molar-refractivity contribution in [2.24, 2.45) is 0 Å². The summed E-state index contributed by atoms with van der Waals surface area (Å²) in [5.74, 6) is 1.83. The Bertz CT molecular complexity index is 435. The Morgan fingerprint density at radius 2 is 1.90 bits per heavy atom. The van der Waals surface area contributed by atoms with E-state index in [-0.39, 0.29) is 6.61 Å². The molecule has 21 heavy (non-hydrogen) atoms. The molecule has 118 valence electrons. The molecule has 0 bridgehead atoms. The monoisotopic (exact) mass is 296 g/mol. The van der Waals surface area contributed by atoms with Crippen molar-refractivity contribution in [3.05, 3.63) is 0 Å². The second kappa shape index (κ2) is 7.94. The number of aromatic nitrogens is 3. The number of nitrogens with zero attached hydrogens (tertiary/aromatic N) is 5. The van der Waals surface area contributed by atoms with Crippen LogP contribution >= 0.6 is 0 Å². The van der Waals surface area contributed by atoms with E-state index >= 15 is 0 Å². The van der Waals surface area contributed by atoms with Crippen LogP contribution in [0.2, 0.25) is 0 Å². The Hall–Kier alpha value is -1.67. The highest BCUT2D eigenvalue weighted by atomic mass is 16.5. The predicted octanol–water partition coefficient (Wildman–Crippen LogP) is -0.0414. The van der Waals surface area contributed by atoms with Gasteiger partial charge in [-0.3, -0.25) is 0 Å². The molecule has 0 aliphatic carbocycles. The quantitative estimate of drug-likeness (QED) is 0.725. The first-order chi connectivity index (χ1) is 10.3. The molecule has 1 fully saturated rings. The first-order valence-electron chi connectivity index (χ1n) is 7.47. The van der Waals surface area contributed by atoms with Crippen molar-refractivity contribution in [1.82, 2.24) is 15.0 Å². The fraction of sp³-hybridized carbons (Fsp3) is 0.769. The summed E-state index contributed by atoms with van der Waals surface area (Å²) in [6, 6.07) is 0. The summed E-state index contributed by atoms with van der Waals surface area (Å²) in [7, 11) is 0. The van der Waals surface area contributed by atoms with E-state index in [4.69, 9.17) is 9.84 Å². The average Bonchev–Trinajstić information content (AvgIpc) is 2.55. The third-order valence-electron chi connectivity index (χ3n) is 3.35. The number of aliphatic hydroxyl groups is 1. The van der Waals surface area contributed by atoms with Crippen LogP contribution in [0.25, 0.3) is 0 Å². The van der Waals surface area contributed by atoms with Gasteiger partial charge in [0.1, 0.15) is 0 Å². The van der Waals surface area contributed by atoms with Crippen molar-refractivity contribution in [3.63, 3.8) is 0 Å². The molecule has 2 N–H and O–H groups in total. The molecule has 0 atom stereocenters. The van der Waals surface area contributed by atoms with E-state index < -0.39 is 0 Å². The average molecular weight is 296 g/mol. The Labute approximate surface area is 125 Å². The van der Waals surface area contributed by atoms with Crippen LogP contribution in [0.5, 0.6) is 0 Å². The lowest BCUT2D eigenvalue weighted by molar-refractivity contribution is 0.122. The Morgan fingerprint density at radius 3 is 2.52 bits per heavy atom. The molecule has 1 aliphatic heterocycles. The van der Waals surface area contributed by atoms with Gasteiger partial charge in [-0.25, -0.2) is 0 Å². The lowest BCUT2D eigenvalue weighted by Gasteiger charge is -2.28. The van der Waals surface area contributed by atoms with Crippen molar-refractivity contribution >= 4 is 17.8 Å². The normalized spacial score (nSPS) is 15.1. The number of hydrogen-bond donors (Lipinski definition) is 2. The zero-order chi connectivity index (χ0) is 15.1. The number of aliphatic hydroxyl groups excluding tert-OH is 1. The van der Waals surface area contributed by atoms with E-state index in [9.17, 15) is 0 Å². The molecular formula is C13H24N6O2. The summed E-state index contributed by atoms with van der Waals surface area (Å²) in [6.45, 7) is 9.21. The number of anilines is 3. The largest absolute Gasteiger partial charge is 0.395 e. The molecule has 0 saturated carbocycles. The summed E-state index contributed by atoms with van der Waals surface area (Å²) in [5.41, 5.74) is 0. The van der Waals surface area contributed by atoms with Crippen molar-refractivity contribution < 1.29 is 9.84 Å². The van der Waals surface area contributed by atoms with Crippen LogP contribution < -0.4 is 15.1 Å². The molecule has 0 spiro atoms. The standard InChI is InChI=1S/C13H24N6O2/c1-3-18(4-2)12-15-11(14-5-8-20)16-13(17-12)19-6-9-21-10-7-19/h20H,3-10H2,1-2H3,(H,14,15,16,17). The minimum atomic E-state index is 0.0408. The molecule has 1 aromatic rings. The molecule has 8 heteroatoms. The van der Waals surface area contributed by atoms with E-state index in [1.54, 1.807) is 0 Å². The van der Waals surface area contributed by atoms with Crippen LogP contribution in [0.4, 0.5) is 17.8 Å². The molecule has 0 radical (unpaired) electrons. The molecular weight excluding hydrogens is 272 g/mol. The van der Waals surface area contributed by atoms with E-state index in [1.807, 2.05) is 0 Å². The van der Waals surface area contributed by atoms with Gasteiger partial charge < -0.3 is 25.0 Å². The topological polar surface area (TPSA) is 86.6 Å². The zero-order valence-corrected chi connectivity index (χ0v) is 12.7. The van der Waals surface area contributed by atoms with Gasteiger partial charge in [-0.2, -0.15) is 15.0 Å². The van der Waals surface area contributed by atoms with E-state index in [2.05, 4.69) is 43.9 Å². The fourth-order valence-corrected chi connectivity index (χ4v) is 2.15. The molecule has 8 nitrogen and oxygen atoms in total. The van der Waals surface area contributed by atoms with Crippen LogP contribution in [0, 0.1) is 0 Å². The maximum Gasteiger partial charge on any atom is 0.232 e. The second-order valence-corrected chi connectivity index (χ2v) is 4.68. The third-order valence-corrected chi connectivity index (χ3v) is 3.35. The van der Waals surface area contributed by atoms with Gasteiger partial charge in [-0.05, 0) is 13.8 Å². The molecule has 0 aromatic carbocycles. The maximum atomic E-state index is 8.95. The molecule has 0 amide bonds. The first kappa shape index (κ1) is 15.7. The lowest BCUT2D eigenvalue weighted by atomic mass is 10.4. The number of hydrogen-bond acceptors (Lipinski definition) is 8. The molecule has 1 aromatic heterocycles. The van der Waals surface area contributed by atoms with Crippen LogP contribution in [0.3, 0.4) is 0 Å². The van der Waals surface area contributed by atoms with Crippen LogP contribution in [-0.2, 0) is 4.74 Å². The van der Waals surface area contributed by atoms with Crippen LogP contribution in [-0.4, -0.2) is 72.6 Å². The summed E-state index contributed by atoms with van der Waals surface area (Å²) >= 11 is 0. The third kappa shape index (κ3) is 4.15. The summed E-state index contributed by atoms with van der Waals surface area (Å²) < 4.78 is 5.36. The van der Waals surface area contributed by atoms with Gasteiger partial charge in [-0.15, -0.1) is 0 Å². The molecule has 1 aliphatic rings. The second-order valence-electron chi connectivity index (χ2n) is 4.68. The van der Waals surface area contributed by atoms with Gasteiger partial charge in [0.05, 0.1) is 19.8 Å². The Balaban J connectivity index is 2.26. The highest BCUT2D eigenvalue weighted by Crippen LogP contribution is 2.17. The number of rotatable bonds is 7. The first-order valence-corrected chi connectivity index (χ1v) is 7.47. The number of nitrogens with one attached hydrogen (secondary N) is 1. The summed E-state index contributed by atoms with van der Waals surface area (Å²) in [6.07, 6.45) is 0. The van der Waals surface area contributed by atoms with Gasteiger partial charge in [0.15, 0.2) is 0 Å². The molecule has 2 rings (SSSR count). The number of morpholine rings is 1. The van der Waals surface area contributed by atoms with Crippen LogP contribution in [0.15, 0.2) is 0 Å². The maximum absolute atomic E-state index is 8.95. The highest BCUT2D eigenvalue weighted by Gasteiger charge is 2.18. The van der Waals surface area contributed by atoms with Gasteiger partial charge in [0.25, 0.3) is 0 Å². The molecule has 1 saturated heterocycles. The minimum Gasteiger partial charge on any atom is -0.395 e. The summed E-state index contributed by atoms with van der Waals surface area (Å²) in [5, 5.41) is 12.0. The van der Waals surface area contributed by atoms with Gasteiger partial charge in [0, 0.05) is 32.7 Å². The predicted molar refractivity (Wildman–Crippen MR) is 82.0 cm³/mol. The highest BCUT2D eigenvalue weighted by molar-refractivity contribution is 5.45. The van der Waals surface area contributed by atoms with Gasteiger partial charge >= 0.3 is 0 Å². The van der Waals surface area contributed by atoms with Crippen molar-refractivity contribution in [2.75, 3.05) is 67.7 Å². The minimum absolute atomic E-state index is 0.0408. The smallest absolute Gasteiger partial charge is 0.232 e.